The maximum absolute atomic E-state index is 13.3. The molecule has 2 N–H and O–H groups in total. The molecule has 2 aromatic heterocycles. The number of imidazole rings is 1. The standard InChI is InChI=1S/C21H17FN4O3/c22-14-5-3-6-15(11-14)24-20(27)13-26-17-8-2-1-7-16(17)25-19(26)12-23-21(28)18-9-4-10-29-18/h1-11H,12-13H2,(H,23,28)(H,24,27). The van der Waals surface area contributed by atoms with E-state index in [9.17, 15) is 14.0 Å². The highest BCUT2D eigenvalue weighted by molar-refractivity contribution is 5.92. The Balaban J connectivity index is 1.54. The summed E-state index contributed by atoms with van der Waals surface area (Å²) in [5.74, 6) is -0.440. The number of anilines is 1. The normalized spacial score (nSPS) is 10.8. The van der Waals surface area contributed by atoms with E-state index in [1.165, 1.54) is 24.5 Å². The maximum Gasteiger partial charge on any atom is 0.287 e. The van der Waals surface area contributed by atoms with Gasteiger partial charge in [-0.3, -0.25) is 9.59 Å². The average Bonchev–Trinajstić information content (AvgIpc) is 3.35. The quantitative estimate of drug-likeness (QED) is 0.527. The van der Waals surface area contributed by atoms with Crippen LogP contribution in [0.15, 0.2) is 71.3 Å². The fourth-order valence-electron chi connectivity index (χ4n) is 3.00. The molecule has 2 aromatic carbocycles. The molecule has 2 heterocycles. The number of benzene rings is 2. The lowest BCUT2D eigenvalue weighted by Gasteiger charge is -2.10. The number of carbonyl (C=O) groups is 2. The first-order chi connectivity index (χ1) is 14.1. The Labute approximate surface area is 165 Å². The first kappa shape index (κ1) is 18.4. The number of hydrogen-bond acceptors (Lipinski definition) is 4. The molecule has 0 aliphatic heterocycles. The smallest absolute Gasteiger partial charge is 0.287 e. The van der Waals surface area contributed by atoms with E-state index < -0.39 is 5.82 Å². The Morgan fingerprint density at radius 2 is 1.93 bits per heavy atom. The van der Waals surface area contributed by atoms with Crippen LogP contribution in [-0.4, -0.2) is 21.4 Å². The average molecular weight is 392 g/mol. The number of nitrogens with zero attached hydrogens (tertiary/aromatic N) is 2. The molecule has 0 radical (unpaired) electrons. The van der Waals surface area contributed by atoms with Crippen LogP contribution in [0.4, 0.5) is 10.1 Å². The summed E-state index contributed by atoms with van der Waals surface area (Å²) in [6.45, 7) is 0.0739. The van der Waals surface area contributed by atoms with Crippen LogP contribution in [0.1, 0.15) is 16.4 Å². The minimum atomic E-state index is -0.433. The van der Waals surface area contributed by atoms with Gasteiger partial charge < -0.3 is 19.6 Å². The van der Waals surface area contributed by atoms with Gasteiger partial charge in [-0.2, -0.15) is 0 Å². The number of hydrogen-bond donors (Lipinski definition) is 2. The fourth-order valence-corrected chi connectivity index (χ4v) is 3.00. The SMILES string of the molecule is O=C(Cn1c(CNC(=O)c2ccco2)nc2ccccc21)Nc1cccc(F)c1. The zero-order chi connectivity index (χ0) is 20.2. The number of rotatable bonds is 6. The van der Waals surface area contributed by atoms with Crippen LogP contribution in [0.5, 0.6) is 0 Å². The molecular weight excluding hydrogens is 375 g/mol. The monoisotopic (exact) mass is 392 g/mol. The summed E-state index contributed by atoms with van der Waals surface area (Å²) in [5, 5.41) is 5.41. The molecule has 0 aliphatic rings. The molecule has 0 spiro atoms. The van der Waals surface area contributed by atoms with Gasteiger partial charge in [0, 0.05) is 5.69 Å². The summed E-state index contributed by atoms with van der Waals surface area (Å²) >= 11 is 0. The van der Waals surface area contributed by atoms with E-state index >= 15 is 0 Å². The molecule has 0 aliphatic carbocycles. The van der Waals surface area contributed by atoms with Crippen molar-refractivity contribution >= 4 is 28.5 Å². The van der Waals surface area contributed by atoms with E-state index in [4.69, 9.17) is 4.42 Å². The highest BCUT2D eigenvalue weighted by Crippen LogP contribution is 2.17. The van der Waals surface area contributed by atoms with Crippen molar-refractivity contribution in [3.8, 4) is 0 Å². The fraction of sp³-hybridized carbons (Fsp3) is 0.0952. The predicted molar refractivity (Wildman–Crippen MR) is 105 cm³/mol. The summed E-state index contributed by atoms with van der Waals surface area (Å²) in [6.07, 6.45) is 1.42. The molecule has 0 bridgehead atoms. The van der Waals surface area contributed by atoms with E-state index in [0.29, 0.717) is 17.0 Å². The number of para-hydroxylation sites is 2. The Bertz CT molecular complexity index is 1170. The van der Waals surface area contributed by atoms with Crippen molar-refractivity contribution in [3.05, 3.63) is 84.3 Å². The Hall–Kier alpha value is -3.94. The second-order valence-corrected chi connectivity index (χ2v) is 6.32. The van der Waals surface area contributed by atoms with Crippen LogP contribution in [0, 0.1) is 5.82 Å². The maximum atomic E-state index is 13.3. The molecule has 0 unspecified atom stereocenters. The largest absolute Gasteiger partial charge is 0.459 e. The van der Waals surface area contributed by atoms with Gasteiger partial charge >= 0.3 is 0 Å². The second-order valence-electron chi connectivity index (χ2n) is 6.32. The van der Waals surface area contributed by atoms with Crippen molar-refractivity contribution in [3.63, 3.8) is 0 Å². The van der Waals surface area contributed by atoms with E-state index in [0.717, 1.165) is 5.52 Å². The van der Waals surface area contributed by atoms with Crippen molar-refractivity contribution in [1.29, 1.82) is 0 Å². The molecule has 0 atom stereocenters. The highest BCUT2D eigenvalue weighted by atomic mass is 19.1. The van der Waals surface area contributed by atoms with Crippen molar-refractivity contribution < 1.29 is 18.4 Å². The van der Waals surface area contributed by atoms with Crippen LogP contribution < -0.4 is 10.6 Å². The summed E-state index contributed by atoms with van der Waals surface area (Å²) < 4.78 is 20.1. The number of furan rings is 1. The number of aromatic nitrogens is 2. The highest BCUT2D eigenvalue weighted by Gasteiger charge is 2.16. The number of carbonyl (C=O) groups excluding carboxylic acids is 2. The van der Waals surface area contributed by atoms with E-state index in [-0.39, 0.29) is 30.7 Å². The third-order valence-corrected chi connectivity index (χ3v) is 4.30. The summed E-state index contributed by atoms with van der Waals surface area (Å²) in [7, 11) is 0. The third kappa shape index (κ3) is 4.16. The van der Waals surface area contributed by atoms with Crippen molar-refractivity contribution in [2.75, 3.05) is 5.32 Å². The summed E-state index contributed by atoms with van der Waals surface area (Å²) in [6, 6.07) is 16.2. The van der Waals surface area contributed by atoms with E-state index in [1.54, 1.807) is 22.8 Å². The predicted octanol–water partition coefficient (Wildman–Crippen LogP) is 3.34. The van der Waals surface area contributed by atoms with Gasteiger partial charge in [-0.05, 0) is 42.5 Å². The topological polar surface area (TPSA) is 89.2 Å². The van der Waals surface area contributed by atoms with Gasteiger partial charge in [0.2, 0.25) is 5.91 Å². The van der Waals surface area contributed by atoms with Gasteiger partial charge in [0.15, 0.2) is 5.76 Å². The van der Waals surface area contributed by atoms with Crippen LogP contribution in [0.3, 0.4) is 0 Å². The van der Waals surface area contributed by atoms with Crippen LogP contribution >= 0.6 is 0 Å². The molecule has 0 saturated heterocycles. The molecule has 29 heavy (non-hydrogen) atoms. The Morgan fingerprint density at radius 3 is 2.72 bits per heavy atom. The lowest BCUT2D eigenvalue weighted by molar-refractivity contribution is -0.116. The van der Waals surface area contributed by atoms with Crippen LogP contribution in [-0.2, 0) is 17.9 Å². The molecule has 4 rings (SSSR count). The van der Waals surface area contributed by atoms with Crippen LogP contribution in [0.25, 0.3) is 11.0 Å². The van der Waals surface area contributed by atoms with Gasteiger partial charge in [-0.15, -0.1) is 0 Å². The number of nitrogens with one attached hydrogen (secondary N) is 2. The van der Waals surface area contributed by atoms with Crippen LogP contribution in [0.2, 0.25) is 0 Å². The van der Waals surface area contributed by atoms with Gasteiger partial charge in [-0.25, -0.2) is 9.37 Å². The number of halogens is 1. The minimum Gasteiger partial charge on any atom is -0.459 e. The summed E-state index contributed by atoms with van der Waals surface area (Å²) in [4.78, 5) is 29.2. The van der Waals surface area contributed by atoms with Gasteiger partial charge in [-0.1, -0.05) is 18.2 Å². The molecule has 8 heteroatoms. The van der Waals surface area contributed by atoms with Gasteiger partial charge in [0.05, 0.1) is 23.8 Å². The number of amides is 2. The number of fused-ring (bicyclic) bond motifs is 1. The molecule has 4 aromatic rings. The lowest BCUT2D eigenvalue weighted by atomic mass is 10.3. The first-order valence-corrected chi connectivity index (χ1v) is 8.91. The van der Waals surface area contributed by atoms with Gasteiger partial charge in [0.25, 0.3) is 5.91 Å². The van der Waals surface area contributed by atoms with Crippen molar-refractivity contribution in [2.24, 2.45) is 0 Å². The lowest BCUT2D eigenvalue weighted by Crippen LogP contribution is -2.26. The molecule has 2 amide bonds. The Kier molecular flexibility index (Phi) is 5.07. The summed E-state index contributed by atoms with van der Waals surface area (Å²) in [5.41, 5.74) is 1.82. The Morgan fingerprint density at radius 1 is 1.07 bits per heavy atom. The van der Waals surface area contributed by atoms with E-state index in [2.05, 4.69) is 15.6 Å². The van der Waals surface area contributed by atoms with Gasteiger partial charge in [0.1, 0.15) is 18.2 Å². The molecular formula is C21H17FN4O3. The zero-order valence-electron chi connectivity index (χ0n) is 15.3. The second kappa shape index (κ2) is 7.97. The molecule has 146 valence electrons. The first-order valence-electron chi connectivity index (χ1n) is 8.91. The van der Waals surface area contributed by atoms with E-state index in [1.807, 2.05) is 24.3 Å². The van der Waals surface area contributed by atoms with Crippen molar-refractivity contribution in [1.82, 2.24) is 14.9 Å². The van der Waals surface area contributed by atoms with Crippen molar-refractivity contribution in [2.45, 2.75) is 13.1 Å². The minimum absolute atomic E-state index is 0.0387. The molecule has 0 saturated carbocycles. The molecule has 7 nitrogen and oxygen atoms in total. The third-order valence-electron chi connectivity index (χ3n) is 4.30. The molecule has 0 fully saturated rings. The zero-order valence-corrected chi connectivity index (χ0v) is 15.3.